The fourth-order valence-electron chi connectivity index (χ4n) is 1.63. The van der Waals surface area contributed by atoms with E-state index in [9.17, 15) is 0 Å². The van der Waals surface area contributed by atoms with E-state index in [1.165, 1.54) is 23.3 Å². The van der Waals surface area contributed by atoms with Crippen molar-refractivity contribution in [3.8, 4) is 0 Å². The molecule has 0 aliphatic carbocycles. The third kappa shape index (κ3) is 2.20. The van der Waals surface area contributed by atoms with E-state index in [2.05, 4.69) is 18.2 Å². The summed E-state index contributed by atoms with van der Waals surface area (Å²) in [5.41, 5.74) is 3.68. The van der Waals surface area contributed by atoms with E-state index in [1.54, 1.807) is 0 Å². The molecule has 0 saturated heterocycles. The lowest BCUT2D eigenvalue weighted by Gasteiger charge is -2.13. The molecule has 1 N–H and O–H groups in total. The predicted octanol–water partition coefficient (Wildman–Crippen LogP) is 2.70. The van der Waals surface area contributed by atoms with Crippen LogP contribution in [-0.2, 0) is 6.61 Å². The molecule has 0 bridgehead atoms. The van der Waals surface area contributed by atoms with Crippen LogP contribution in [0.25, 0.3) is 5.57 Å². The summed E-state index contributed by atoms with van der Waals surface area (Å²) in [5.74, 6) is 2.35. The van der Waals surface area contributed by atoms with E-state index in [1.807, 2.05) is 23.9 Å². The minimum Gasteiger partial charge on any atom is -0.392 e. The van der Waals surface area contributed by atoms with E-state index in [0.29, 0.717) is 0 Å². The fraction of sp³-hybridized carbons (Fsp3) is 0.333. The Morgan fingerprint density at radius 1 is 1.36 bits per heavy atom. The molecule has 0 atom stereocenters. The average Bonchev–Trinajstić information content (AvgIpc) is 2.30. The first-order chi connectivity index (χ1) is 6.90. The van der Waals surface area contributed by atoms with Crippen molar-refractivity contribution < 1.29 is 5.11 Å². The molecule has 0 saturated carbocycles. The van der Waals surface area contributed by atoms with Crippen LogP contribution < -0.4 is 0 Å². The number of benzene rings is 1. The van der Waals surface area contributed by atoms with Crippen LogP contribution in [0.5, 0.6) is 0 Å². The minimum absolute atomic E-state index is 0.133. The van der Waals surface area contributed by atoms with E-state index in [4.69, 9.17) is 5.11 Å². The lowest BCUT2D eigenvalue weighted by Crippen LogP contribution is -1.96. The maximum absolute atomic E-state index is 9.04. The average molecular weight is 206 g/mol. The van der Waals surface area contributed by atoms with Crippen molar-refractivity contribution >= 4 is 17.3 Å². The van der Waals surface area contributed by atoms with Crippen molar-refractivity contribution in [3.63, 3.8) is 0 Å². The zero-order chi connectivity index (χ0) is 9.80. The van der Waals surface area contributed by atoms with Crippen molar-refractivity contribution in [2.75, 3.05) is 11.5 Å². The van der Waals surface area contributed by atoms with Gasteiger partial charge in [0.05, 0.1) is 6.61 Å². The number of aliphatic hydroxyl groups excluding tert-OH is 1. The van der Waals surface area contributed by atoms with Crippen LogP contribution in [0.4, 0.5) is 0 Å². The van der Waals surface area contributed by atoms with Gasteiger partial charge >= 0.3 is 0 Å². The maximum atomic E-state index is 9.04. The topological polar surface area (TPSA) is 20.2 Å². The molecule has 1 aromatic carbocycles. The van der Waals surface area contributed by atoms with Gasteiger partial charge in [-0.25, -0.2) is 0 Å². The summed E-state index contributed by atoms with van der Waals surface area (Å²) in [6.45, 7) is 0.133. The summed E-state index contributed by atoms with van der Waals surface area (Å²) in [7, 11) is 0. The van der Waals surface area contributed by atoms with Gasteiger partial charge in [0.1, 0.15) is 0 Å². The van der Waals surface area contributed by atoms with Crippen molar-refractivity contribution in [3.05, 3.63) is 41.5 Å². The van der Waals surface area contributed by atoms with Crippen LogP contribution in [-0.4, -0.2) is 16.6 Å². The van der Waals surface area contributed by atoms with Gasteiger partial charge in [-0.15, -0.1) is 0 Å². The standard InChI is InChI=1S/C12H14OS/c13-8-10-3-1-4-11(7-10)12-5-2-6-14-9-12/h1,3-5,7,13H,2,6,8-9H2. The van der Waals surface area contributed by atoms with E-state index < -0.39 is 0 Å². The van der Waals surface area contributed by atoms with Gasteiger partial charge in [0.2, 0.25) is 0 Å². The monoisotopic (exact) mass is 206 g/mol. The molecule has 1 nitrogen and oxygen atoms in total. The molecule has 0 spiro atoms. The lowest BCUT2D eigenvalue weighted by molar-refractivity contribution is 0.282. The summed E-state index contributed by atoms with van der Waals surface area (Å²) in [4.78, 5) is 0. The Bertz CT molecular complexity index is 344. The highest BCUT2D eigenvalue weighted by Crippen LogP contribution is 2.25. The predicted molar refractivity (Wildman–Crippen MR) is 62.3 cm³/mol. The summed E-state index contributed by atoms with van der Waals surface area (Å²) >= 11 is 1.98. The zero-order valence-corrected chi connectivity index (χ0v) is 8.89. The van der Waals surface area contributed by atoms with Gasteiger partial charge in [0.25, 0.3) is 0 Å². The molecule has 1 aliphatic rings. The Hall–Kier alpha value is -0.730. The highest BCUT2D eigenvalue weighted by atomic mass is 32.2. The van der Waals surface area contributed by atoms with Crippen molar-refractivity contribution in [1.29, 1.82) is 0 Å². The Kier molecular flexibility index (Phi) is 3.27. The van der Waals surface area contributed by atoms with E-state index in [0.717, 1.165) is 11.3 Å². The highest BCUT2D eigenvalue weighted by Gasteiger charge is 2.06. The minimum atomic E-state index is 0.133. The second-order valence-corrected chi connectivity index (χ2v) is 4.53. The third-order valence-electron chi connectivity index (χ3n) is 2.39. The molecule has 1 aromatic rings. The first kappa shape index (κ1) is 9.81. The van der Waals surface area contributed by atoms with Gasteiger partial charge in [0.15, 0.2) is 0 Å². The van der Waals surface area contributed by atoms with E-state index in [-0.39, 0.29) is 6.61 Å². The number of hydrogen-bond donors (Lipinski definition) is 1. The SMILES string of the molecule is OCc1cccc(C2=CCCSC2)c1. The molecule has 0 amide bonds. The van der Waals surface area contributed by atoms with Crippen molar-refractivity contribution in [2.24, 2.45) is 0 Å². The Morgan fingerprint density at radius 3 is 3.00 bits per heavy atom. The first-order valence-electron chi connectivity index (χ1n) is 4.87. The zero-order valence-electron chi connectivity index (χ0n) is 8.07. The largest absolute Gasteiger partial charge is 0.392 e. The summed E-state index contributed by atoms with van der Waals surface area (Å²) < 4.78 is 0. The molecule has 14 heavy (non-hydrogen) atoms. The van der Waals surface area contributed by atoms with Crippen LogP contribution >= 0.6 is 11.8 Å². The molecule has 2 rings (SSSR count). The quantitative estimate of drug-likeness (QED) is 0.803. The van der Waals surface area contributed by atoms with Gasteiger partial charge < -0.3 is 5.11 Å². The van der Waals surface area contributed by atoms with Crippen molar-refractivity contribution in [2.45, 2.75) is 13.0 Å². The summed E-state index contributed by atoms with van der Waals surface area (Å²) in [5, 5.41) is 9.04. The number of rotatable bonds is 2. The third-order valence-corrected chi connectivity index (χ3v) is 3.43. The molecule has 0 unspecified atom stereocenters. The highest BCUT2D eigenvalue weighted by molar-refractivity contribution is 7.99. The van der Waals surface area contributed by atoms with Crippen molar-refractivity contribution in [1.82, 2.24) is 0 Å². The van der Waals surface area contributed by atoms with Crippen LogP contribution in [0.15, 0.2) is 30.3 Å². The molecule has 0 aromatic heterocycles. The Labute approximate surface area is 88.8 Å². The maximum Gasteiger partial charge on any atom is 0.0682 e. The second-order valence-electron chi connectivity index (χ2n) is 3.43. The molecule has 1 aliphatic heterocycles. The summed E-state index contributed by atoms with van der Waals surface area (Å²) in [6.07, 6.45) is 3.48. The molecule has 74 valence electrons. The van der Waals surface area contributed by atoms with Gasteiger partial charge in [-0.1, -0.05) is 24.3 Å². The van der Waals surface area contributed by atoms with Crippen LogP contribution in [0.2, 0.25) is 0 Å². The molecule has 2 heteroatoms. The number of thioether (sulfide) groups is 1. The first-order valence-corrected chi connectivity index (χ1v) is 6.02. The molecule has 0 radical (unpaired) electrons. The van der Waals surface area contributed by atoms with Crippen LogP contribution in [0, 0.1) is 0 Å². The van der Waals surface area contributed by atoms with Crippen LogP contribution in [0.1, 0.15) is 17.5 Å². The Balaban J connectivity index is 2.26. The second kappa shape index (κ2) is 4.67. The van der Waals surface area contributed by atoms with Gasteiger partial charge in [-0.3, -0.25) is 0 Å². The van der Waals surface area contributed by atoms with Gasteiger partial charge in [-0.2, -0.15) is 11.8 Å². The number of allylic oxidation sites excluding steroid dienone is 1. The summed E-state index contributed by atoms with van der Waals surface area (Å²) in [6, 6.07) is 8.18. The van der Waals surface area contributed by atoms with E-state index >= 15 is 0 Å². The van der Waals surface area contributed by atoms with Crippen LogP contribution in [0.3, 0.4) is 0 Å². The molecule has 0 fully saturated rings. The Morgan fingerprint density at radius 2 is 2.29 bits per heavy atom. The van der Waals surface area contributed by atoms with Gasteiger partial charge in [-0.05, 0) is 34.9 Å². The van der Waals surface area contributed by atoms with Gasteiger partial charge in [0, 0.05) is 5.75 Å². The molecule has 1 heterocycles. The normalized spacial score (nSPS) is 16.5. The lowest BCUT2D eigenvalue weighted by atomic mass is 10.0. The number of hydrogen-bond acceptors (Lipinski definition) is 2. The smallest absolute Gasteiger partial charge is 0.0682 e. The molecular weight excluding hydrogens is 192 g/mol. The molecular formula is C12H14OS. The number of aliphatic hydroxyl groups is 1. The fourth-order valence-corrected chi connectivity index (χ4v) is 2.56.